The molecule has 27 heavy (non-hydrogen) atoms. The van der Waals surface area contributed by atoms with E-state index in [-0.39, 0.29) is 11.9 Å². The Bertz CT molecular complexity index is 821. The number of amides is 1. The van der Waals surface area contributed by atoms with E-state index in [2.05, 4.69) is 18.9 Å². The minimum atomic E-state index is -0.00529. The number of aryl methyl sites for hydroxylation is 1. The highest BCUT2D eigenvalue weighted by Gasteiger charge is 2.31. The van der Waals surface area contributed by atoms with Crippen molar-refractivity contribution >= 4 is 11.7 Å². The maximum absolute atomic E-state index is 13.0. The number of hydrogen-bond donors (Lipinski definition) is 0. The highest BCUT2D eigenvalue weighted by Crippen LogP contribution is 2.33. The molecule has 1 aromatic heterocycles. The molecule has 142 valence electrons. The van der Waals surface area contributed by atoms with Crippen LogP contribution in [0, 0.1) is 6.92 Å². The zero-order valence-corrected chi connectivity index (χ0v) is 16.3. The van der Waals surface area contributed by atoms with Crippen LogP contribution in [-0.2, 0) is 17.6 Å². The molecule has 1 amide bonds. The summed E-state index contributed by atoms with van der Waals surface area (Å²) in [5, 5.41) is 0. The lowest BCUT2D eigenvalue weighted by atomic mass is 9.98. The van der Waals surface area contributed by atoms with Gasteiger partial charge in [0.05, 0.1) is 12.5 Å². The van der Waals surface area contributed by atoms with Gasteiger partial charge in [0, 0.05) is 31.4 Å². The molecule has 1 unspecified atom stereocenters. The molecule has 2 aromatic rings. The third kappa shape index (κ3) is 3.68. The van der Waals surface area contributed by atoms with Crippen LogP contribution in [0.15, 0.2) is 30.3 Å². The molecule has 1 atom stereocenters. The molecule has 0 N–H and O–H groups in total. The van der Waals surface area contributed by atoms with Crippen molar-refractivity contribution in [1.29, 1.82) is 0 Å². The van der Waals surface area contributed by atoms with Crippen molar-refractivity contribution < 1.29 is 4.79 Å². The summed E-state index contributed by atoms with van der Waals surface area (Å²) in [6.07, 6.45) is 5.77. The summed E-state index contributed by atoms with van der Waals surface area (Å²) in [4.78, 5) is 27.1. The summed E-state index contributed by atoms with van der Waals surface area (Å²) in [6.45, 7) is 3.91. The van der Waals surface area contributed by atoms with Gasteiger partial charge in [0.1, 0.15) is 5.82 Å². The van der Waals surface area contributed by atoms with Crippen molar-refractivity contribution in [2.45, 2.75) is 51.5 Å². The Hall–Kier alpha value is -2.43. The van der Waals surface area contributed by atoms with Crippen LogP contribution < -0.4 is 4.90 Å². The molecule has 2 aliphatic heterocycles. The Kier molecular flexibility index (Phi) is 5.10. The van der Waals surface area contributed by atoms with Crippen LogP contribution in [0.3, 0.4) is 0 Å². The van der Waals surface area contributed by atoms with Gasteiger partial charge in [-0.25, -0.2) is 9.97 Å². The summed E-state index contributed by atoms with van der Waals surface area (Å²) in [5.41, 5.74) is 3.40. The van der Waals surface area contributed by atoms with Gasteiger partial charge < -0.3 is 9.80 Å². The molecule has 0 bridgehead atoms. The summed E-state index contributed by atoms with van der Waals surface area (Å²) in [7, 11) is 2.10. The molecule has 1 fully saturated rings. The number of rotatable bonds is 3. The molecule has 5 heteroatoms. The van der Waals surface area contributed by atoms with E-state index in [1.54, 1.807) is 0 Å². The van der Waals surface area contributed by atoms with E-state index in [4.69, 9.17) is 9.97 Å². The molecular weight excluding hydrogens is 336 g/mol. The van der Waals surface area contributed by atoms with Gasteiger partial charge in [-0.2, -0.15) is 0 Å². The number of likely N-dealkylation sites (tertiary alicyclic amines) is 1. The van der Waals surface area contributed by atoms with Crippen LogP contribution in [0.5, 0.6) is 0 Å². The number of aromatic nitrogens is 2. The first-order valence-corrected chi connectivity index (χ1v) is 10.1. The van der Waals surface area contributed by atoms with Crippen LogP contribution in [0.25, 0.3) is 0 Å². The molecule has 4 rings (SSSR count). The number of carbonyl (C=O) groups excluding carboxylic acids is 1. The summed E-state index contributed by atoms with van der Waals surface area (Å²) < 4.78 is 0. The first-order chi connectivity index (χ1) is 13.1. The number of fused-ring (bicyclic) bond motifs is 1. The van der Waals surface area contributed by atoms with Gasteiger partial charge in [-0.3, -0.25) is 4.79 Å². The van der Waals surface area contributed by atoms with Crippen molar-refractivity contribution in [3.8, 4) is 0 Å². The Morgan fingerprint density at radius 1 is 1.11 bits per heavy atom. The van der Waals surface area contributed by atoms with Crippen LogP contribution in [-0.4, -0.2) is 40.9 Å². The minimum Gasteiger partial charge on any atom is -0.359 e. The topological polar surface area (TPSA) is 49.3 Å². The Morgan fingerprint density at radius 3 is 2.74 bits per heavy atom. The van der Waals surface area contributed by atoms with E-state index in [0.717, 1.165) is 68.1 Å². The Labute approximate surface area is 161 Å². The highest BCUT2D eigenvalue weighted by molar-refractivity contribution is 5.79. The summed E-state index contributed by atoms with van der Waals surface area (Å²) >= 11 is 0. The van der Waals surface area contributed by atoms with Crippen LogP contribution in [0.1, 0.15) is 54.4 Å². The molecule has 1 saturated heterocycles. The molecule has 2 aliphatic rings. The maximum atomic E-state index is 13.0. The van der Waals surface area contributed by atoms with Gasteiger partial charge in [0.15, 0.2) is 5.82 Å². The molecule has 1 aromatic carbocycles. The smallest absolute Gasteiger partial charge is 0.227 e. The second-order valence-corrected chi connectivity index (χ2v) is 7.76. The molecule has 0 saturated carbocycles. The van der Waals surface area contributed by atoms with Crippen molar-refractivity contribution in [3.63, 3.8) is 0 Å². The predicted molar refractivity (Wildman–Crippen MR) is 107 cm³/mol. The highest BCUT2D eigenvalue weighted by atomic mass is 16.2. The van der Waals surface area contributed by atoms with E-state index in [1.165, 1.54) is 5.56 Å². The summed E-state index contributed by atoms with van der Waals surface area (Å²) in [5.74, 6) is 2.06. The summed E-state index contributed by atoms with van der Waals surface area (Å²) in [6, 6.07) is 9.99. The van der Waals surface area contributed by atoms with Crippen molar-refractivity contribution in [1.82, 2.24) is 14.9 Å². The molecule has 0 radical (unpaired) electrons. The number of anilines is 1. The zero-order valence-electron chi connectivity index (χ0n) is 16.3. The van der Waals surface area contributed by atoms with Crippen molar-refractivity contribution in [2.75, 3.05) is 25.0 Å². The van der Waals surface area contributed by atoms with E-state index in [1.807, 2.05) is 35.2 Å². The molecule has 3 heterocycles. The van der Waals surface area contributed by atoms with E-state index in [0.29, 0.717) is 6.42 Å². The van der Waals surface area contributed by atoms with Gasteiger partial charge in [-0.1, -0.05) is 30.3 Å². The largest absolute Gasteiger partial charge is 0.359 e. The lowest BCUT2D eigenvalue weighted by molar-refractivity contribution is -0.134. The number of hydrogen-bond acceptors (Lipinski definition) is 4. The fraction of sp³-hybridized carbons (Fsp3) is 0.500. The predicted octanol–water partition coefficient (Wildman–Crippen LogP) is 3.46. The number of piperidine rings is 1. The lowest BCUT2D eigenvalue weighted by Crippen LogP contribution is -2.40. The molecular formula is C22H28N4O. The minimum absolute atomic E-state index is 0.00529. The van der Waals surface area contributed by atoms with Gasteiger partial charge in [0.25, 0.3) is 0 Å². The second kappa shape index (κ2) is 7.67. The van der Waals surface area contributed by atoms with Crippen molar-refractivity contribution in [3.05, 3.63) is 53.0 Å². The van der Waals surface area contributed by atoms with Crippen molar-refractivity contribution in [2.24, 2.45) is 0 Å². The monoisotopic (exact) mass is 364 g/mol. The standard InChI is InChI=1S/C22H28N4O/c1-16-18-11-8-13-25(2)22(18)24-21(23-16)19-12-6-7-14-26(19)20(27)15-17-9-4-3-5-10-17/h3-5,9-10,19H,6-8,11-15H2,1-2H3. The van der Waals surface area contributed by atoms with Gasteiger partial charge in [0.2, 0.25) is 5.91 Å². The number of nitrogens with zero attached hydrogens (tertiary/aromatic N) is 4. The fourth-order valence-electron chi connectivity index (χ4n) is 4.33. The Balaban J connectivity index is 1.62. The van der Waals surface area contributed by atoms with Gasteiger partial charge in [-0.15, -0.1) is 0 Å². The second-order valence-electron chi connectivity index (χ2n) is 7.76. The molecule has 0 aliphatic carbocycles. The molecule has 0 spiro atoms. The first kappa shape index (κ1) is 18.0. The van der Waals surface area contributed by atoms with E-state index < -0.39 is 0 Å². The van der Waals surface area contributed by atoms with Crippen LogP contribution in [0.2, 0.25) is 0 Å². The SMILES string of the molecule is Cc1nc(C2CCCCN2C(=O)Cc2ccccc2)nc2c1CCCN2C. The Morgan fingerprint density at radius 2 is 1.93 bits per heavy atom. The number of benzene rings is 1. The van der Waals surface area contributed by atoms with E-state index >= 15 is 0 Å². The quantitative estimate of drug-likeness (QED) is 0.837. The van der Waals surface area contributed by atoms with Gasteiger partial charge >= 0.3 is 0 Å². The van der Waals surface area contributed by atoms with Crippen LogP contribution in [0.4, 0.5) is 5.82 Å². The third-order valence-corrected chi connectivity index (χ3v) is 5.81. The van der Waals surface area contributed by atoms with E-state index in [9.17, 15) is 4.79 Å². The van der Waals surface area contributed by atoms with Gasteiger partial charge in [-0.05, 0) is 44.6 Å². The van der Waals surface area contributed by atoms with Crippen LogP contribution >= 0.6 is 0 Å². The first-order valence-electron chi connectivity index (χ1n) is 10.1. The average molecular weight is 364 g/mol. The zero-order chi connectivity index (χ0) is 18.8. The normalized spacial score (nSPS) is 19.7. The number of carbonyl (C=O) groups is 1. The third-order valence-electron chi connectivity index (χ3n) is 5.81. The maximum Gasteiger partial charge on any atom is 0.227 e. The lowest BCUT2D eigenvalue weighted by Gasteiger charge is -2.36. The fourth-order valence-corrected chi connectivity index (χ4v) is 4.33. The average Bonchev–Trinajstić information content (AvgIpc) is 2.69. The molecule has 5 nitrogen and oxygen atoms in total.